The smallest absolute Gasteiger partial charge is 0.239 e. The zero-order valence-electron chi connectivity index (χ0n) is 12.2. The molecule has 0 spiro atoms. The summed E-state index contributed by atoms with van der Waals surface area (Å²) in [5, 5.41) is 2.56. The highest BCUT2D eigenvalue weighted by Gasteiger charge is 2.26. The van der Waals surface area contributed by atoms with E-state index in [1.165, 1.54) is 6.42 Å². The van der Waals surface area contributed by atoms with Gasteiger partial charge in [-0.1, -0.05) is 19.8 Å². The Labute approximate surface area is 115 Å². The van der Waals surface area contributed by atoms with E-state index >= 15 is 0 Å². The van der Waals surface area contributed by atoms with Gasteiger partial charge in [0, 0.05) is 26.1 Å². The molecule has 3 N–H and O–H groups in total. The maximum atomic E-state index is 12.3. The molecule has 110 valence electrons. The molecule has 0 aliphatic heterocycles. The Balaban J connectivity index is 2.52. The lowest BCUT2D eigenvalue weighted by atomic mass is 9.82. The summed E-state index contributed by atoms with van der Waals surface area (Å²) in [6, 6.07) is 0.140. The Morgan fingerprint density at radius 1 is 1.32 bits per heavy atom. The number of amides is 2. The van der Waals surface area contributed by atoms with Gasteiger partial charge in [-0.3, -0.25) is 9.59 Å². The molecule has 1 aliphatic rings. The minimum atomic E-state index is -0.116. The van der Waals surface area contributed by atoms with Gasteiger partial charge in [0.1, 0.15) is 0 Å². The highest BCUT2D eigenvalue weighted by Crippen LogP contribution is 2.26. The third-order valence-corrected chi connectivity index (χ3v) is 3.86. The molecular formula is C14H27N3O2. The van der Waals surface area contributed by atoms with Crippen molar-refractivity contribution in [3.63, 3.8) is 0 Å². The van der Waals surface area contributed by atoms with E-state index in [-0.39, 0.29) is 30.3 Å². The average Bonchev–Trinajstić information content (AvgIpc) is 2.40. The van der Waals surface area contributed by atoms with Crippen LogP contribution in [0, 0.1) is 5.92 Å². The summed E-state index contributed by atoms with van der Waals surface area (Å²) in [5.41, 5.74) is 6.08. The van der Waals surface area contributed by atoms with Crippen LogP contribution in [0.1, 0.15) is 45.4 Å². The van der Waals surface area contributed by atoms with Gasteiger partial charge in [-0.15, -0.1) is 0 Å². The second-order valence-electron chi connectivity index (χ2n) is 5.40. The predicted octanol–water partition coefficient (Wildman–Crippen LogP) is 0.879. The Morgan fingerprint density at radius 2 is 2.00 bits per heavy atom. The molecule has 1 rings (SSSR count). The molecule has 0 aromatic rings. The third kappa shape index (κ3) is 5.19. The van der Waals surface area contributed by atoms with Crippen molar-refractivity contribution in [2.45, 2.75) is 51.5 Å². The van der Waals surface area contributed by atoms with Crippen LogP contribution in [-0.2, 0) is 9.59 Å². The zero-order valence-corrected chi connectivity index (χ0v) is 12.2. The van der Waals surface area contributed by atoms with Crippen molar-refractivity contribution in [1.29, 1.82) is 0 Å². The summed E-state index contributed by atoms with van der Waals surface area (Å²) in [4.78, 5) is 25.4. The molecule has 0 aromatic heterocycles. The molecule has 0 aromatic carbocycles. The van der Waals surface area contributed by atoms with Gasteiger partial charge in [0.25, 0.3) is 0 Å². The van der Waals surface area contributed by atoms with Crippen molar-refractivity contribution >= 4 is 11.8 Å². The van der Waals surface area contributed by atoms with Crippen LogP contribution in [0.5, 0.6) is 0 Å². The monoisotopic (exact) mass is 269 g/mol. The first-order valence-corrected chi connectivity index (χ1v) is 7.32. The SMILES string of the molecule is CCCN(CC(=O)NC)C(=O)CC1CCCCC1N. The number of carbonyl (C=O) groups excluding carboxylic acids is 2. The van der Waals surface area contributed by atoms with Crippen molar-refractivity contribution in [2.75, 3.05) is 20.1 Å². The summed E-state index contributed by atoms with van der Waals surface area (Å²) >= 11 is 0. The van der Waals surface area contributed by atoms with E-state index in [9.17, 15) is 9.59 Å². The van der Waals surface area contributed by atoms with Gasteiger partial charge >= 0.3 is 0 Å². The van der Waals surface area contributed by atoms with Gasteiger partial charge in [-0.25, -0.2) is 0 Å². The summed E-state index contributed by atoms with van der Waals surface area (Å²) in [6.07, 6.45) is 5.73. The van der Waals surface area contributed by atoms with Crippen LogP contribution in [0.2, 0.25) is 0 Å². The molecular weight excluding hydrogens is 242 g/mol. The number of rotatable bonds is 6. The quantitative estimate of drug-likeness (QED) is 0.751. The maximum Gasteiger partial charge on any atom is 0.239 e. The Kier molecular flexibility index (Phi) is 6.84. The summed E-state index contributed by atoms with van der Waals surface area (Å²) < 4.78 is 0. The van der Waals surface area contributed by atoms with Crippen molar-refractivity contribution in [3.8, 4) is 0 Å². The van der Waals surface area contributed by atoms with Crippen LogP contribution >= 0.6 is 0 Å². The minimum absolute atomic E-state index is 0.0628. The molecule has 5 heteroatoms. The fourth-order valence-corrected chi connectivity index (χ4v) is 2.66. The molecule has 5 nitrogen and oxygen atoms in total. The molecule has 19 heavy (non-hydrogen) atoms. The largest absolute Gasteiger partial charge is 0.358 e. The average molecular weight is 269 g/mol. The van der Waals surface area contributed by atoms with Gasteiger partial charge in [-0.2, -0.15) is 0 Å². The first kappa shape index (κ1) is 16.0. The molecule has 1 aliphatic carbocycles. The van der Waals surface area contributed by atoms with Crippen molar-refractivity contribution < 1.29 is 9.59 Å². The predicted molar refractivity (Wildman–Crippen MR) is 75.5 cm³/mol. The standard InChI is InChI=1S/C14H27N3O2/c1-3-8-17(10-13(18)16-2)14(19)9-11-6-4-5-7-12(11)15/h11-12H,3-10,15H2,1-2H3,(H,16,18). The van der Waals surface area contributed by atoms with E-state index in [1.54, 1.807) is 11.9 Å². The molecule has 2 atom stereocenters. The van der Waals surface area contributed by atoms with E-state index in [1.807, 2.05) is 6.92 Å². The summed E-state index contributed by atoms with van der Waals surface area (Å²) in [5.74, 6) is 0.229. The first-order valence-electron chi connectivity index (χ1n) is 7.32. The lowest BCUT2D eigenvalue weighted by Crippen LogP contribution is -2.43. The maximum absolute atomic E-state index is 12.3. The van der Waals surface area contributed by atoms with Gasteiger partial charge < -0.3 is 16.0 Å². The number of hydrogen-bond acceptors (Lipinski definition) is 3. The molecule has 1 fully saturated rings. The molecule has 0 heterocycles. The molecule has 2 amide bonds. The van der Waals surface area contributed by atoms with Crippen LogP contribution in [0.3, 0.4) is 0 Å². The Hall–Kier alpha value is -1.10. The normalized spacial score (nSPS) is 22.9. The number of hydrogen-bond donors (Lipinski definition) is 2. The molecule has 0 bridgehead atoms. The minimum Gasteiger partial charge on any atom is -0.358 e. The van der Waals surface area contributed by atoms with E-state index in [4.69, 9.17) is 5.73 Å². The van der Waals surface area contributed by atoms with Crippen LogP contribution < -0.4 is 11.1 Å². The third-order valence-electron chi connectivity index (χ3n) is 3.86. The number of nitrogens with one attached hydrogen (secondary N) is 1. The van der Waals surface area contributed by atoms with E-state index in [0.717, 1.165) is 25.7 Å². The fraction of sp³-hybridized carbons (Fsp3) is 0.857. The molecule has 0 radical (unpaired) electrons. The van der Waals surface area contributed by atoms with Gasteiger partial charge in [0.15, 0.2) is 0 Å². The Morgan fingerprint density at radius 3 is 2.58 bits per heavy atom. The van der Waals surface area contributed by atoms with Crippen LogP contribution in [0.15, 0.2) is 0 Å². The molecule has 1 saturated carbocycles. The van der Waals surface area contributed by atoms with Crippen LogP contribution in [0.4, 0.5) is 0 Å². The Bertz CT molecular complexity index is 307. The highest BCUT2D eigenvalue weighted by atomic mass is 16.2. The number of nitrogens with zero attached hydrogens (tertiary/aromatic N) is 1. The lowest BCUT2D eigenvalue weighted by Gasteiger charge is -2.30. The lowest BCUT2D eigenvalue weighted by molar-refractivity contribution is -0.137. The summed E-state index contributed by atoms with van der Waals surface area (Å²) in [6.45, 7) is 2.80. The van der Waals surface area contributed by atoms with E-state index < -0.39 is 0 Å². The first-order chi connectivity index (χ1) is 9.08. The molecule has 0 saturated heterocycles. The second kappa shape index (κ2) is 8.15. The highest BCUT2D eigenvalue weighted by molar-refractivity contribution is 5.84. The topological polar surface area (TPSA) is 75.4 Å². The van der Waals surface area contributed by atoms with Gasteiger partial charge in [-0.05, 0) is 25.2 Å². The number of carbonyl (C=O) groups is 2. The zero-order chi connectivity index (χ0) is 14.3. The van der Waals surface area contributed by atoms with Crippen molar-refractivity contribution in [1.82, 2.24) is 10.2 Å². The van der Waals surface area contributed by atoms with Gasteiger partial charge in [0.2, 0.25) is 11.8 Å². The van der Waals surface area contributed by atoms with Crippen molar-refractivity contribution in [2.24, 2.45) is 11.7 Å². The fourth-order valence-electron chi connectivity index (χ4n) is 2.66. The van der Waals surface area contributed by atoms with Gasteiger partial charge in [0.05, 0.1) is 6.54 Å². The van der Waals surface area contributed by atoms with E-state index in [0.29, 0.717) is 13.0 Å². The van der Waals surface area contributed by atoms with E-state index in [2.05, 4.69) is 5.32 Å². The number of nitrogens with two attached hydrogens (primary N) is 1. The second-order valence-corrected chi connectivity index (χ2v) is 5.40. The molecule has 2 unspecified atom stereocenters. The van der Waals surface area contributed by atoms with Crippen molar-refractivity contribution in [3.05, 3.63) is 0 Å². The summed E-state index contributed by atoms with van der Waals surface area (Å²) in [7, 11) is 1.59. The van der Waals surface area contributed by atoms with Crippen LogP contribution in [-0.4, -0.2) is 42.9 Å². The number of likely N-dealkylation sites (N-methyl/N-ethyl adjacent to an activating group) is 1. The van der Waals surface area contributed by atoms with Crippen LogP contribution in [0.25, 0.3) is 0 Å².